The summed E-state index contributed by atoms with van der Waals surface area (Å²) < 4.78 is 37.3. The average molecular weight is 380 g/mol. The van der Waals surface area contributed by atoms with E-state index < -0.39 is 10.2 Å². The number of amides is 1. The van der Waals surface area contributed by atoms with Crippen molar-refractivity contribution in [3.05, 3.63) is 17.2 Å². The van der Waals surface area contributed by atoms with Crippen LogP contribution in [0, 0.1) is 0 Å². The average Bonchev–Trinajstić information content (AvgIpc) is 2.51. The fraction of sp³-hybridized carbons (Fsp3) is 0.500. The molecule has 0 unspecified atom stereocenters. The molecule has 1 rings (SSSR count). The molecule has 0 radical (unpaired) electrons. The molecule has 1 aromatic rings. The number of benzene rings is 1. The molecule has 0 aromatic heterocycles. The van der Waals surface area contributed by atoms with E-state index >= 15 is 0 Å². The zero-order chi connectivity index (χ0) is 18.5. The number of nitrogens with one attached hydrogen (secondary N) is 1. The Labute approximate surface area is 147 Å². The van der Waals surface area contributed by atoms with Crippen molar-refractivity contribution in [2.75, 3.05) is 46.3 Å². The first kappa shape index (κ1) is 20.5. The largest absolute Gasteiger partial charge is 0.495 e. The van der Waals surface area contributed by atoms with Crippen molar-refractivity contribution in [3.8, 4) is 11.5 Å². The number of carbonyl (C=O) groups excluding carboxylic acids is 1. The Morgan fingerprint density at radius 2 is 1.79 bits per heavy atom. The molecule has 10 heteroatoms. The standard InChI is InChI=1S/C14H22ClN3O5S/c1-10(19)18(7-6-16-24(20,21)17(2)3)12-9-13(22-4)11(15)8-14(12)23-5/h8-9,16H,6-7H2,1-5H3. The summed E-state index contributed by atoms with van der Waals surface area (Å²) in [4.78, 5) is 13.4. The van der Waals surface area contributed by atoms with Crippen molar-refractivity contribution in [1.29, 1.82) is 0 Å². The Hall–Kier alpha value is -1.55. The molecule has 0 aliphatic carbocycles. The molecule has 0 atom stereocenters. The minimum Gasteiger partial charge on any atom is -0.495 e. The summed E-state index contributed by atoms with van der Waals surface area (Å²) >= 11 is 6.06. The fourth-order valence-corrected chi connectivity index (χ4v) is 2.76. The summed E-state index contributed by atoms with van der Waals surface area (Å²) in [5, 5.41) is 0.343. The number of hydrogen-bond donors (Lipinski definition) is 1. The topological polar surface area (TPSA) is 88.2 Å². The second-order valence-electron chi connectivity index (χ2n) is 5.01. The highest BCUT2D eigenvalue weighted by molar-refractivity contribution is 7.87. The van der Waals surface area contributed by atoms with Gasteiger partial charge < -0.3 is 14.4 Å². The molecule has 136 valence electrons. The highest BCUT2D eigenvalue weighted by atomic mass is 35.5. The van der Waals surface area contributed by atoms with Crippen molar-refractivity contribution >= 4 is 33.4 Å². The first-order valence-electron chi connectivity index (χ1n) is 7.00. The van der Waals surface area contributed by atoms with Crippen molar-refractivity contribution in [2.24, 2.45) is 0 Å². The summed E-state index contributed by atoms with van der Waals surface area (Å²) in [6.45, 7) is 1.53. The van der Waals surface area contributed by atoms with Gasteiger partial charge in [-0.05, 0) is 0 Å². The van der Waals surface area contributed by atoms with Crippen LogP contribution in [0.4, 0.5) is 5.69 Å². The van der Waals surface area contributed by atoms with Crippen LogP contribution in [0.2, 0.25) is 5.02 Å². The number of anilines is 1. The molecule has 0 fully saturated rings. The Morgan fingerprint density at radius 3 is 2.25 bits per heavy atom. The van der Waals surface area contributed by atoms with E-state index in [0.717, 1.165) is 4.31 Å². The van der Waals surface area contributed by atoms with E-state index in [9.17, 15) is 13.2 Å². The lowest BCUT2D eigenvalue weighted by molar-refractivity contribution is -0.116. The molecule has 1 aromatic carbocycles. The van der Waals surface area contributed by atoms with Crippen LogP contribution in [-0.2, 0) is 15.0 Å². The van der Waals surface area contributed by atoms with Crippen LogP contribution in [0.3, 0.4) is 0 Å². The lowest BCUT2D eigenvalue weighted by Crippen LogP contribution is -2.41. The van der Waals surface area contributed by atoms with E-state index in [1.54, 1.807) is 6.07 Å². The number of methoxy groups -OCH3 is 2. The summed E-state index contributed by atoms with van der Waals surface area (Å²) in [7, 11) is 2.17. The second-order valence-corrected chi connectivity index (χ2v) is 7.39. The van der Waals surface area contributed by atoms with Gasteiger partial charge in [0.25, 0.3) is 10.2 Å². The predicted molar refractivity (Wildman–Crippen MR) is 93.2 cm³/mol. The number of carbonyl (C=O) groups is 1. The van der Waals surface area contributed by atoms with E-state index in [4.69, 9.17) is 21.1 Å². The monoisotopic (exact) mass is 379 g/mol. The highest BCUT2D eigenvalue weighted by Crippen LogP contribution is 2.38. The zero-order valence-corrected chi connectivity index (χ0v) is 15.9. The SMILES string of the molecule is COc1cc(N(CCNS(=O)(=O)N(C)C)C(C)=O)c(OC)cc1Cl. The third-order valence-electron chi connectivity index (χ3n) is 3.22. The molecule has 1 amide bonds. The summed E-state index contributed by atoms with van der Waals surface area (Å²) in [6.07, 6.45) is 0. The van der Waals surface area contributed by atoms with Gasteiger partial charge >= 0.3 is 0 Å². The molecule has 24 heavy (non-hydrogen) atoms. The van der Waals surface area contributed by atoms with Crippen molar-refractivity contribution in [3.63, 3.8) is 0 Å². The molecular formula is C14H22ClN3O5S. The maximum atomic E-state index is 12.0. The van der Waals surface area contributed by atoms with Gasteiger partial charge in [-0.15, -0.1) is 0 Å². The maximum absolute atomic E-state index is 12.0. The fourth-order valence-electron chi connectivity index (χ4n) is 1.92. The summed E-state index contributed by atoms with van der Waals surface area (Å²) in [6, 6.07) is 3.11. The van der Waals surface area contributed by atoms with Crippen LogP contribution in [0.15, 0.2) is 12.1 Å². The van der Waals surface area contributed by atoms with Gasteiger partial charge in [0.1, 0.15) is 11.5 Å². The molecule has 0 aliphatic heterocycles. The van der Waals surface area contributed by atoms with Gasteiger partial charge in [-0.3, -0.25) is 4.79 Å². The van der Waals surface area contributed by atoms with E-state index in [1.165, 1.54) is 46.2 Å². The van der Waals surface area contributed by atoms with Gasteiger partial charge in [-0.25, -0.2) is 4.72 Å². The van der Waals surface area contributed by atoms with Crippen LogP contribution in [-0.4, -0.2) is 60.0 Å². The number of hydrogen-bond acceptors (Lipinski definition) is 5. The molecule has 0 aliphatic rings. The normalized spacial score (nSPS) is 11.5. The first-order chi connectivity index (χ1) is 11.1. The van der Waals surface area contributed by atoms with Gasteiger partial charge in [-0.2, -0.15) is 12.7 Å². The number of rotatable bonds is 8. The van der Waals surface area contributed by atoms with Crippen molar-refractivity contribution < 1.29 is 22.7 Å². The van der Waals surface area contributed by atoms with E-state index in [1.807, 2.05) is 0 Å². The lowest BCUT2D eigenvalue weighted by Gasteiger charge is -2.24. The van der Waals surface area contributed by atoms with Gasteiger partial charge in [0, 0.05) is 46.2 Å². The minimum absolute atomic E-state index is 0.0359. The number of ether oxygens (including phenoxy) is 2. The minimum atomic E-state index is -3.57. The third-order valence-corrected chi connectivity index (χ3v) is 5.05. The van der Waals surface area contributed by atoms with Crippen LogP contribution >= 0.6 is 11.6 Å². The molecule has 0 saturated carbocycles. The van der Waals surface area contributed by atoms with Crippen molar-refractivity contribution in [2.45, 2.75) is 6.92 Å². The highest BCUT2D eigenvalue weighted by Gasteiger charge is 2.20. The van der Waals surface area contributed by atoms with Crippen LogP contribution in [0.25, 0.3) is 0 Å². The lowest BCUT2D eigenvalue weighted by atomic mass is 10.2. The smallest absolute Gasteiger partial charge is 0.278 e. The molecule has 0 saturated heterocycles. The Balaban J connectivity index is 3.07. The van der Waals surface area contributed by atoms with Gasteiger partial charge in [0.15, 0.2) is 0 Å². The number of halogens is 1. The van der Waals surface area contributed by atoms with Crippen LogP contribution in [0.1, 0.15) is 6.92 Å². The molecular weight excluding hydrogens is 358 g/mol. The Kier molecular flexibility index (Phi) is 7.27. The van der Waals surface area contributed by atoms with Crippen molar-refractivity contribution in [1.82, 2.24) is 9.03 Å². The Bertz CT molecular complexity index is 694. The predicted octanol–water partition coefficient (Wildman–Crippen LogP) is 1.11. The third kappa shape index (κ3) is 4.97. The van der Waals surface area contributed by atoms with E-state index in [0.29, 0.717) is 22.2 Å². The van der Waals surface area contributed by atoms with Gasteiger partial charge in [0.2, 0.25) is 5.91 Å². The molecule has 0 spiro atoms. The van der Waals surface area contributed by atoms with E-state index in [-0.39, 0.29) is 19.0 Å². The molecule has 0 heterocycles. The van der Waals surface area contributed by atoms with E-state index in [2.05, 4.69) is 4.72 Å². The van der Waals surface area contributed by atoms with Gasteiger partial charge in [-0.1, -0.05) is 11.6 Å². The van der Waals surface area contributed by atoms with Crippen LogP contribution < -0.4 is 19.1 Å². The summed E-state index contributed by atoms with van der Waals surface area (Å²) in [5.74, 6) is 0.487. The summed E-state index contributed by atoms with van der Waals surface area (Å²) in [5.41, 5.74) is 0.440. The first-order valence-corrected chi connectivity index (χ1v) is 8.82. The zero-order valence-electron chi connectivity index (χ0n) is 14.3. The Morgan fingerprint density at radius 1 is 1.21 bits per heavy atom. The molecule has 8 nitrogen and oxygen atoms in total. The van der Waals surface area contributed by atoms with Crippen LogP contribution in [0.5, 0.6) is 11.5 Å². The quantitative estimate of drug-likeness (QED) is 0.730. The number of nitrogens with zero attached hydrogens (tertiary/aromatic N) is 2. The second kappa shape index (κ2) is 8.52. The maximum Gasteiger partial charge on any atom is 0.278 e. The molecule has 1 N–H and O–H groups in total. The van der Waals surface area contributed by atoms with Gasteiger partial charge in [0.05, 0.1) is 24.9 Å². The molecule has 0 bridgehead atoms.